The molecule has 8 aromatic carbocycles. The van der Waals surface area contributed by atoms with E-state index in [0.29, 0.717) is 11.4 Å². The van der Waals surface area contributed by atoms with Crippen molar-refractivity contribution >= 4 is 76.6 Å². The Labute approximate surface area is 314 Å². The van der Waals surface area contributed by atoms with Gasteiger partial charge in [0.05, 0.1) is 11.0 Å². The third-order valence-corrected chi connectivity index (χ3v) is 11.0. The van der Waals surface area contributed by atoms with Gasteiger partial charge in [-0.1, -0.05) is 121 Å². The van der Waals surface area contributed by atoms with E-state index in [-0.39, 0.29) is 0 Å². The van der Waals surface area contributed by atoms with E-state index in [4.69, 9.17) is 18.8 Å². The molecule has 12 rings (SSSR count). The molecule has 4 heterocycles. The lowest BCUT2D eigenvalue weighted by atomic mass is 10.0. The molecule has 0 aliphatic rings. The number of nitrogens with zero attached hydrogens (tertiary/aromatic N) is 3. The van der Waals surface area contributed by atoms with Crippen molar-refractivity contribution in [2.24, 2.45) is 0 Å². The lowest BCUT2D eigenvalue weighted by molar-refractivity contribution is 0.667. The summed E-state index contributed by atoms with van der Waals surface area (Å²) in [5.41, 5.74) is 12.2. The summed E-state index contributed by atoms with van der Waals surface area (Å²) < 4.78 is 15.4. The van der Waals surface area contributed by atoms with Crippen molar-refractivity contribution in [1.82, 2.24) is 14.5 Å². The predicted molar refractivity (Wildman–Crippen MR) is 225 cm³/mol. The van der Waals surface area contributed by atoms with Crippen LogP contribution < -0.4 is 0 Å². The molecule has 0 fully saturated rings. The molecule has 5 nitrogen and oxygen atoms in total. The molecule has 5 heteroatoms. The summed E-state index contributed by atoms with van der Waals surface area (Å²) in [4.78, 5) is 10.4. The van der Waals surface area contributed by atoms with Gasteiger partial charge in [-0.05, 0) is 71.1 Å². The van der Waals surface area contributed by atoms with Crippen LogP contribution >= 0.6 is 0 Å². The molecule has 0 amide bonds. The number of para-hydroxylation sites is 2. The number of hydrogen-bond acceptors (Lipinski definition) is 4. The first-order valence-corrected chi connectivity index (χ1v) is 18.5. The Bertz CT molecular complexity index is 3500. The zero-order valence-electron chi connectivity index (χ0n) is 29.4. The van der Waals surface area contributed by atoms with Crippen LogP contribution in [-0.4, -0.2) is 14.5 Å². The summed E-state index contributed by atoms with van der Waals surface area (Å²) in [6, 6.07) is 61.5. The number of hydrogen-bond donors (Lipinski definition) is 0. The van der Waals surface area contributed by atoms with Gasteiger partial charge in [-0.3, -0.25) is 0 Å². The lowest BCUT2D eigenvalue weighted by Crippen LogP contribution is -1.94. The SMILES string of the molecule is c1ccc(-c2cccc(-c3nc(-c4ccc5c(c4)oc4ccc(-n6c7ccccc7c7ccc8ccccc8c76)cc45)nc4c3oc3ccccc34)c2)cc1. The first kappa shape index (κ1) is 30.0. The van der Waals surface area contributed by atoms with Gasteiger partial charge < -0.3 is 13.4 Å². The number of benzene rings is 8. The summed E-state index contributed by atoms with van der Waals surface area (Å²) in [5.74, 6) is 0.611. The highest BCUT2D eigenvalue weighted by atomic mass is 16.3. The van der Waals surface area contributed by atoms with Crippen LogP contribution in [0.25, 0.3) is 116 Å². The summed E-state index contributed by atoms with van der Waals surface area (Å²) in [5, 5.41) is 7.97. The molecule has 0 atom stereocenters. The molecular weight excluding hydrogens is 675 g/mol. The molecule has 0 radical (unpaired) electrons. The topological polar surface area (TPSA) is 57.0 Å². The Morgan fingerprint density at radius 1 is 0.400 bits per heavy atom. The fourth-order valence-corrected chi connectivity index (χ4v) is 8.43. The molecule has 0 spiro atoms. The molecule has 55 heavy (non-hydrogen) atoms. The van der Waals surface area contributed by atoms with Crippen LogP contribution in [0.15, 0.2) is 185 Å². The Kier molecular flexibility index (Phi) is 6.27. The quantitative estimate of drug-likeness (QED) is 0.183. The van der Waals surface area contributed by atoms with E-state index in [9.17, 15) is 0 Å². The first-order valence-electron chi connectivity index (χ1n) is 18.5. The molecule has 256 valence electrons. The summed E-state index contributed by atoms with van der Waals surface area (Å²) in [6.45, 7) is 0. The van der Waals surface area contributed by atoms with Crippen LogP contribution in [0, 0.1) is 0 Å². The minimum atomic E-state index is 0.611. The number of rotatable bonds is 4. The number of fused-ring (bicyclic) bond motifs is 11. The fourth-order valence-electron chi connectivity index (χ4n) is 8.43. The van der Waals surface area contributed by atoms with Gasteiger partial charge in [0, 0.05) is 49.1 Å². The minimum absolute atomic E-state index is 0.611. The Morgan fingerprint density at radius 2 is 1.15 bits per heavy atom. The minimum Gasteiger partial charge on any atom is -0.456 e. The third kappa shape index (κ3) is 4.53. The number of furan rings is 2. The molecular formula is C50H29N3O2. The average Bonchev–Trinajstić information content (AvgIpc) is 3.93. The maximum Gasteiger partial charge on any atom is 0.180 e. The maximum absolute atomic E-state index is 6.57. The smallest absolute Gasteiger partial charge is 0.180 e. The van der Waals surface area contributed by atoms with Crippen molar-refractivity contribution in [2.75, 3.05) is 0 Å². The van der Waals surface area contributed by atoms with Crippen molar-refractivity contribution in [3.63, 3.8) is 0 Å². The first-order chi connectivity index (χ1) is 27.2. The molecule has 0 saturated heterocycles. The van der Waals surface area contributed by atoms with Crippen LogP contribution in [0.4, 0.5) is 0 Å². The van der Waals surface area contributed by atoms with Gasteiger partial charge in [0.2, 0.25) is 0 Å². The van der Waals surface area contributed by atoms with Gasteiger partial charge in [0.25, 0.3) is 0 Å². The second kappa shape index (κ2) is 11.5. The molecule has 12 aromatic rings. The highest BCUT2D eigenvalue weighted by Gasteiger charge is 2.20. The van der Waals surface area contributed by atoms with Gasteiger partial charge >= 0.3 is 0 Å². The van der Waals surface area contributed by atoms with E-state index in [0.717, 1.165) is 72.1 Å². The van der Waals surface area contributed by atoms with E-state index >= 15 is 0 Å². The molecule has 0 aliphatic heterocycles. The molecule has 0 N–H and O–H groups in total. The predicted octanol–water partition coefficient (Wildman–Crippen LogP) is 13.5. The lowest BCUT2D eigenvalue weighted by Gasteiger charge is -2.10. The van der Waals surface area contributed by atoms with Crippen molar-refractivity contribution in [2.45, 2.75) is 0 Å². The van der Waals surface area contributed by atoms with E-state index in [1.165, 1.54) is 32.6 Å². The highest BCUT2D eigenvalue weighted by molar-refractivity contribution is 6.19. The van der Waals surface area contributed by atoms with Crippen LogP contribution in [-0.2, 0) is 0 Å². The summed E-state index contributed by atoms with van der Waals surface area (Å²) >= 11 is 0. The zero-order chi connectivity index (χ0) is 36.0. The van der Waals surface area contributed by atoms with Gasteiger partial charge in [0.15, 0.2) is 11.4 Å². The molecule has 0 saturated carbocycles. The van der Waals surface area contributed by atoms with E-state index < -0.39 is 0 Å². The second-order valence-corrected chi connectivity index (χ2v) is 14.1. The van der Waals surface area contributed by atoms with Gasteiger partial charge in [0.1, 0.15) is 28.0 Å². The average molecular weight is 704 g/mol. The van der Waals surface area contributed by atoms with E-state index in [1.807, 2.05) is 24.3 Å². The van der Waals surface area contributed by atoms with Crippen molar-refractivity contribution in [3.8, 4) is 39.5 Å². The largest absolute Gasteiger partial charge is 0.456 e. The molecule has 0 aliphatic carbocycles. The highest BCUT2D eigenvalue weighted by Crippen LogP contribution is 2.40. The third-order valence-electron chi connectivity index (χ3n) is 11.0. The van der Waals surface area contributed by atoms with E-state index in [2.05, 4.69) is 156 Å². The van der Waals surface area contributed by atoms with Crippen molar-refractivity contribution in [1.29, 1.82) is 0 Å². The Hall–Kier alpha value is -7.50. The van der Waals surface area contributed by atoms with Crippen LogP contribution in [0.5, 0.6) is 0 Å². The van der Waals surface area contributed by atoms with Gasteiger partial charge in [-0.2, -0.15) is 0 Å². The van der Waals surface area contributed by atoms with Crippen molar-refractivity contribution < 1.29 is 8.83 Å². The summed E-state index contributed by atoms with van der Waals surface area (Å²) in [6.07, 6.45) is 0. The van der Waals surface area contributed by atoms with Crippen LogP contribution in [0.3, 0.4) is 0 Å². The van der Waals surface area contributed by atoms with E-state index in [1.54, 1.807) is 0 Å². The monoisotopic (exact) mass is 703 g/mol. The zero-order valence-corrected chi connectivity index (χ0v) is 29.4. The Balaban J connectivity index is 1.04. The second-order valence-electron chi connectivity index (χ2n) is 14.1. The Morgan fingerprint density at radius 3 is 2.07 bits per heavy atom. The van der Waals surface area contributed by atoms with Crippen LogP contribution in [0.2, 0.25) is 0 Å². The number of aromatic nitrogens is 3. The maximum atomic E-state index is 6.57. The van der Waals surface area contributed by atoms with Gasteiger partial charge in [-0.25, -0.2) is 9.97 Å². The standard InChI is InChI=1S/C50H29N3O2/c1-2-11-30(12-3-1)32-14-10-15-33(27-32)46-49-47(40-18-7-9-20-43(40)55-49)52-50(51-46)34-22-24-38-41-29-35(23-26-44(41)54-45(38)28-34)53-42-19-8-6-17-37(42)39-25-21-31-13-4-5-16-36(31)48(39)53/h1-29H. The van der Waals surface area contributed by atoms with Crippen molar-refractivity contribution in [3.05, 3.63) is 176 Å². The van der Waals surface area contributed by atoms with Gasteiger partial charge in [-0.15, -0.1) is 0 Å². The normalized spacial score (nSPS) is 12.0. The fraction of sp³-hybridized carbons (Fsp3) is 0. The molecule has 4 aromatic heterocycles. The summed E-state index contributed by atoms with van der Waals surface area (Å²) in [7, 11) is 0. The molecule has 0 bridgehead atoms. The molecule has 0 unspecified atom stereocenters. The van der Waals surface area contributed by atoms with Crippen LogP contribution in [0.1, 0.15) is 0 Å².